The van der Waals surface area contributed by atoms with Crippen molar-refractivity contribution < 1.29 is 0 Å². The third-order valence-corrected chi connectivity index (χ3v) is 2.36. The third-order valence-electron chi connectivity index (χ3n) is 2.36. The molecule has 0 aliphatic carbocycles. The van der Waals surface area contributed by atoms with Crippen molar-refractivity contribution in [1.29, 1.82) is 0 Å². The van der Waals surface area contributed by atoms with Crippen molar-refractivity contribution in [3.05, 3.63) is 37.1 Å². The maximum atomic E-state index is 5.81. The summed E-state index contributed by atoms with van der Waals surface area (Å²) in [7, 11) is 0. The van der Waals surface area contributed by atoms with Gasteiger partial charge in [0.15, 0.2) is 0 Å². The standard InChI is InChI=1S/C12H14N3/c1-12(2,3)10-8-4-7-15-11(13)9(8)5-6-14-10/h4-7H,1H2,2-3H3,(H2,13,15). The molecular weight excluding hydrogens is 186 g/mol. The maximum absolute atomic E-state index is 5.81. The molecule has 0 bridgehead atoms. The molecule has 0 aliphatic rings. The van der Waals surface area contributed by atoms with Crippen LogP contribution in [0.25, 0.3) is 10.8 Å². The molecule has 0 fully saturated rings. The van der Waals surface area contributed by atoms with E-state index in [4.69, 9.17) is 5.73 Å². The summed E-state index contributed by atoms with van der Waals surface area (Å²) in [6, 6.07) is 3.81. The molecule has 3 heteroatoms. The van der Waals surface area contributed by atoms with Gasteiger partial charge in [-0.2, -0.15) is 0 Å². The van der Waals surface area contributed by atoms with E-state index >= 15 is 0 Å². The van der Waals surface area contributed by atoms with Crippen LogP contribution >= 0.6 is 0 Å². The van der Waals surface area contributed by atoms with Gasteiger partial charge < -0.3 is 5.73 Å². The lowest BCUT2D eigenvalue weighted by atomic mass is 9.88. The first-order valence-electron chi connectivity index (χ1n) is 4.85. The van der Waals surface area contributed by atoms with Crippen LogP contribution in [0.4, 0.5) is 5.82 Å². The van der Waals surface area contributed by atoms with Crippen molar-refractivity contribution in [1.82, 2.24) is 9.97 Å². The summed E-state index contributed by atoms with van der Waals surface area (Å²) < 4.78 is 0. The second kappa shape index (κ2) is 3.19. The summed E-state index contributed by atoms with van der Waals surface area (Å²) in [5.41, 5.74) is 6.53. The van der Waals surface area contributed by atoms with E-state index in [1.807, 2.05) is 26.0 Å². The van der Waals surface area contributed by atoms with Crippen LogP contribution in [-0.2, 0) is 5.41 Å². The third kappa shape index (κ3) is 1.65. The normalized spacial score (nSPS) is 11.9. The molecule has 2 heterocycles. The molecule has 0 aromatic carbocycles. The Hall–Kier alpha value is -1.64. The Kier molecular flexibility index (Phi) is 2.11. The second-order valence-corrected chi connectivity index (χ2v) is 4.33. The van der Waals surface area contributed by atoms with Gasteiger partial charge in [-0.25, -0.2) is 4.98 Å². The predicted molar refractivity (Wildman–Crippen MR) is 62.3 cm³/mol. The van der Waals surface area contributed by atoms with Crippen LogP contribution in [0.1, 0.15) is 19.5 Å². The Bertz CT molecular complexity index is 498. The number of fused-ring (bicyclic) bond motifs is 1. The van der Waals surface area contributed by atoms with E-state index < -0.39 is 0 Å². The van der Waals surface area contributed by atoms with Crippen LogP contribution in [0.15, 0.2) is 24.5 Å². The van der Waals surface area contributed by atoms with Gasteiger partial charge in [0.25, 0.3) is 0 Å². The molecule has 0 aliphatic heterocycles. The summed E-state index contributed by atoms with van der Waals surface area (Å²) in [6.07, 6.45) is 3.46. The van der Waals surface area contributed by atoms with E-state index in [0.29, 0.717) is 5.82 Å². The molecule has 2 aromatic rings. The lowest BCUT2D eigenvalue weighted by Crippen LogP contribution is -2.14. The zero-order valence-electron chi connectivity index (χ0n) is 8.99. The molecule has 2 N–H and O–H groups in total. The molecule has 3 nitrogen and oxygen atoms in total. The number of nitrogen functional groups attached to an aromatic ring is 1. The topological polar surface area (TPSA) is 51.8 Å². The molecule has 2 aromatic heterocycles. The monoisotopic (exact) mass is 200 g/mol. The van der Waals surface area contributed by atoms with Gasteiger partial charge in [-0.1, -0.05) is 13.8 Å². The Labute approximate surface area is 89.4 Å². The van der Waals surface area contributed by atoms with Gasteiger partial charge in [-0.3, -0.25) is 4.98 Å². The Morgan fingerprint density at radius 3 is 2.40 bits per heavy atom. The highest BCUT2D eigenvalue weighted by molar-refractivity contribution is 5.92. The molecule has 2 rings (SSSR count). The van der Waals surface area contributed by atoms with Crippen LogP contribution in [0.3, 0.4) is 0 Å². The predicted octanol–water partition coefficient (Wildman–Crippen LogP) is 2.32. The first-order chi connectivity index (χ1) is 7.00. The SMILES string of the molecule is [CH2]C(C)(C)c1nccc2c(N)nccc12. The van der Waals surface area contributed by atoms with E-state index in [9.17, 15) is 0 Å². The van der Waals surface area contributed by atoms with Crippen molar-refractivity contribution in [3.8, 4) is 0 Å². The first-order valence-corrected chi connectivity index (χ1v) is 4.85. The molecule has 15 heavy (non-hydrogen) atoms. The Morgan fingerprint density at radius 2 is 1.73 bits per heavy atom. The van der Waals surface area contributed by atoms with Crippen LogP contribution in [0.5, 0.6) is 0 Å². The highest BCUT2D eigenvalue weighted by Gasteiger charge is 2.18. The highest BCUT2D eigenvalue weighted by atomic mass is 14.8. The highest BCUT2D eigenvalue weighted by Crippen LogP contribution is 2.28. The fraction of sp³-hybridized carbons (Fsp3) is 0.250. The number of hydrogen-bond acceptors (Lipinski definition) is 3. The van der Waals surface area contributed by atoms with Gasteiger partial charge in [-0.05, 0) is 19.1 Å². The summed E-state index contributed by atoms with van der Waals surface area (Å²) in [6.45, 7) is 8.16. The van der Waals surface area contributed by atoms with Gasteiger partial charge in [-0.15, -0.1) is 0 Å². The van der Waals surface area contributed by atoms with Gasteiger partial charge in [0.2, 0.25) is 0 Å². The summed E-state index contributed by atoms with van der Waals surface area (Å²) in [5.74, 6) is 0.542. The molecular formula is C12H14N3. The summed E-state index contributed by atoms with van der Waals surface area (Å²) in [4.78, 5) is 8.43. The van der Waals surface area contributed by atoms with E-state index in [-0.39, 0.29) is 5.41 Å². The van der Waals surface area contributed by atoms with Gasteiger partial charge in [0, 0.05) is 28.6 Å². The van der Waals surface area contributed by atoms with Crippen molar-refractivity contribution >= 4 is 16.6 Å². The number of pyridine rings is 2. The van der Waals surface area contributed by atoms with Crippen molar-refractivity contribution in [2.24, 2.45) is 0 Å². The van der Waals surface area contributed by atoms with Gasteiger partial charge in [0.05, 0.1) is 5.69 Å². The van der Waals surface area contributed by atoms with E-state index in [2.05, 4.69) is 16.9 Å². The first kappa shape index (κ1) is 9.90. The van der Waals surface area contributed by atoms with Crippen LogP contribution in [0.2, 0.25) is 0 Å². The molecule has 0 spiro atoms. The molecule has 0 saturated carbocycles. The van der Waals surface area contributed by atoms with Crippen LogP contribution < -0.4 is 5.73 Å². The minimum Gasteiger partial charge on any atom is -0.383 e. The number of rotatable bonds is 1. The van der Waals surface area contributed by atoms with Gasteiger partial charge in [0.1, 0.15) is 5.82 Å². The number of nitrogens with two attached hydrogens (primary N) is 1. The maximum Gasteiger partial charge on any atom is 0.131 e. The van der Waals surface area contributed by atoms with Crippen molar-refractivity contribution in [3.63, 3.8) is 0 Å². The number of aromatic nitrogens is 2. The van der Waals surface area contributed by atoms with Gasteiger partial charge >= 0.3 is 0 Å². The summed E-state index contributed by atoms with van der Waals surface area (Å²) in [5, 5.41) is 1.98. The molecule has 0 unspecified atom stereocenters. The number of hydrogen-bond donors (Lipinski definition) is 1. The minimum atomic E-state index is -0.229. The molecule has 0 amide bonds. The van der Waals surface area contributed by atoms with E-state index in [1.165, 1.54) is 0 Å². The lowest BCUT2D eigenvalue weighted by molar-refractivity contribution is 0.646. The zero-order valence-corrected chi connectivity index (χ0v) is 8.99. The van der Waals surface area contributed by atoms with Crippen molar-refractivity contribution in [2.45, 2.75) is 19.3 Å². The fourth-order valence-corrected chi connectivity index (χ4v) is 1.67. The average Bonchev–Trinajstić information content (AvgIpc) is 2.16. The van der Waals surface area contributed by atoms with Crippen molar-refractivity contribution in [2.75, 3.05) is 5.73 Å². The molecule has 1 radical (unpaired) electrons. The van der Waals surface area contributed by atoms with Crippen LogP contribution in [0, 0.1) is 6.92 Å². The van der Waals surface area contributed by atoms with Crippen LogP contribution in [-0.4, -0.2) is 9.97 Å². The molecule has 0 atom stereocenters. The van der Waals surface area contributed by atoms with E-state index in [0.717, 1.165) is 16.5 Å². The summed E-state index contributed by atoms with van der Waals surface area (Å²) >= 11 is 0. The Balaban J connectivity index is 2.83. The Morgan fingerprint density at radius 1 is 1.13 bits per heavy atom. The molecule has 77 valence electrons. The quantitative estimate of drug-likeness (QED) is 0.768. The largest absolute Gasteiger partial charge is 0.383 e. The smallest absolute Gasteiger partial charge is 0.131 e. The minimum absolute atomic E-state index is 0.229. The fourth-order valence-electron chi connectivity index (χ4n) is 1.67. The number of nitrogens with zero attached hydrogens (tertiary/aromatic N) is 2. The lowest BCUT2D eigenvalue weighted by Gasteiger charge is -2.19. The zero-order chi connectivity index (χ0) is 11.1. The average molecular weight is 200 g/mol. The second-order valence-electron chi connectivity index (χ2n) is 4.33. The van der Waals surface area contributed by atoms with E-state index in [1.54, 1.807) is 12.4 Å². The number of anilines is 1. The molecule has 0 saturated heterocycles.